The molecule has 1 aromatic heterocycles. The van der Waals surface area contributed by atoms with E-state index in [-0.39, 0.29) is 5.91 Å². The number of aryl methyl sites for hydroxylation is 2. The fourth-order valence-electron chi connectivity index (χ4n) is 1.46. The predicted molar refractivity (Wildman–Crippen MR) is 62.1 cm³/mol. The van der Waals surface area contributed by atoms with Gasteiger partial charge < -0.3 is 9.73 Å². The van der Waals surface area contributed by atoms with Gasteiger partial charge in [-0.1, -0.05) is 19.8 Å². The summed E-state index contributed by atoms with van der Waals surface area (Å²) in [5.74, 6) is 0.745. The topological polar surface area (TPSA) is 55.1 Å². The average molecular weight is 224 g/mol. The summed E-state index contributed by atoms with van der Waals surface area (Å²) in [6, 6.07) is 0. The number of amides is 1. The molecule has 0 aliphatic carbocycles. The molecule has 1 rings (SSSR count). The molecule has 1 N–H and O–H groups in total. The number of nitrogens with one attached hydrogen (secondary N) is 1. The Morgan fingerprint density at radius 3 is 2.94 bits per heavy atom. The summed E-state index contributed by atoms with van der Waals surface area (Å²) in [6.07, 6.45) is 6.15. The molecule has 1 aromatic rings. The highest BCUT2D eigenvalue weighted by atomic mass is 16.3. The van der Waals surface area contributed by atoms with Crippen LogP contribution in [0.1, 0.15) is 44.2 Å². The first-order valence-electron chi connectivity index (χ1n) is 5.90. The Morgan fingerprint density at radius 1 is 1.50 bits per heavy atom. The highest BCUT2D eigenvalue weighted by Crippen LogP contribution is 2.03. The molecular weight excluding hydrogens is 204 g/mol. The Bertz CT molecular complexity index is 321. The first kappa shape index (κ1) is 12.7. The number of oxazole rings is 1. The number of nitrogens with zero attached hydrogens (tertiary/aromatic N) is 1. The number of hydrogen-bond donors (Lipinski definition) is 1. The van der Waals surface area contributed by atoms with Crippen molar-refractivity contribution >= 4 is 5.91 Å². The van der Waals surface area contributed by atoms with E-state index < -0.39 is 0 Å². The monoisotopic (exact) mass is 224 g/mol. The lowest BCUT2D eigenvalue weighted by atomic mass is 10.2. The molecule has 4 nitrogen and oxygen atoms in total. The first-order valence-corrected chi connectivity index (χ1v) is 5.90. The van der Waals surface area contributed by atoms with Gasteiger partial charge in [-0.2, -0.15) is 0 Å². The number of hydrogen-bond acceptors (Lipinski definition) is 3. The minimum atomic E-state index is 0.0942. The molecule has 0 spiro atoms. The maximum Gasteiger partial charge on any atom is 0.220 e. The zero-order chi connectivity index (χ0) is 11.8. The van der Waals surface area contributed by atoms with Gasteiger partial charge in [0.2, 0.25) is 5.91 Å². The Kier molecular flexibility index (Phi) is 5.61. The van der Waals surface area contributed by atoms with Crippen molar-refractivity contribution in [2.45, 2.75) is 46.0 Å². The molecule has 0 aromatic carbocycles. The summed E-state index contributed by atoms with van der Waals surface area (Å²) in [5, 5.41) is 2.90. The summed E-state index contributed by atoms with van der Waals surface area (Å²) >= 11 is 0. The predicted octanol–water partition coefficient (Wildman–Crippen LogP) is 2.22. The fourth-order valence-corrected chi connectivity index (χ4v) is 1.46. The zero-order valence-corrected chi connectivity index (χ0v) is 10.1. The van der Waals surface area contributed by atoms with Crippen LogP contribution < -0.4 is 5.32 Å². The normalized spacial score (nSPS) is 10.4. The molecule has 0 bridgehead atoms. The van der Waals surface area contributed by atoms with Gasteiger partial charge in [0.1, 0.15) is 6.26 Å². The number of aromatic nitrogens is 1. The molecule has 0 fully saturated rings. The van der Waals surface area contributed by atoms with Crippen LogP contribution in [0, 0.1) is 6.92 Å². The summed E-state index contributed by atoms with van der Waals surface area (Å²) in [4.78, 5) is 15.6. The molecule has 1 heterocycles. The Balaban J connectivity index is 2.10. The molecule has 0 radical (unpaired) electrons. The van der Waals surface area contributed by atoms with E-state index in [9.17, 15) is 4.79 Å². The lowest BCUT2D eigenvalue weighted by molar-refractivity contribution is -0.121. The van der Waals surface area contributed by atoms with E-state index >= 15 is 0 Å². The van der Waals surface area contributed by atoms with Crippen molar-refractivity contribution in [1.82, 2.24) is 10.3 Å². The number of carbonyl (C=O) groups is 1. The third-order valence-corrected chi connectivity index (χ3v) is 2.38. The molecule has 1 amide bonds. The van der Waals surface area contributed by atoms with E-state index in [1.807, 2.05) is 0 Å². The fraction of sp³-hybridized carbons (Fsp3) is 0.667. The number of unbranched alkanes of at least 4 members (excludes halogenated alkanes) is 2. The van der Waals surface area contributed by atoms with Gasteiger partial charge in [-0.3, -0.25) is 4.79 Å². The van der Waals surface area contributed by atoms with Crippen molar-refractivity contribution in [1.29, 1.82) is 0 Å². The van der Waals surface area contributed by atoms with E-state index in [1.54, 1.807) is 13.2 Å². The highest BCUT2D eigenvalue weighted by Gasteiger charge is 2.04. The standard InChI is InChI=1S/C12H20N2O2/c1-3-4-5-8-13-12(15)7-6-11-9-16-10(2)14-11/h9H,3-8H2,1-2H3,(H,13,15). The van der Waals surface area contributed by atoms with Gasteiger partial charge in [0.15, 0.2) is 5.89 Å². The van der Waals surface area contributed by atoms with Crippen molar-refractivity contribution in [3.8, 4) is 0 Å². The lowest BCUT2D eigenvalue weighted by Crippen LogP contribution is -2.24. The molecule has 4 heteroatoms. The third-order valence-electron chi connectivity index (χ3n) is 2.38. The maximum atomic E-state index is 11.4. The summed E-state index contributed by atoms with van der Waals surface area (Å²) in [6.45, 7) is 4.73. The summed E-state index contributed by atoms with van der Waals surface area (Å²) in [5.41, 5.74) is 0.848. The van der Waals surface area contributed by atoms with Gasteiger partial charge in [0.25, 0.3) is 0 Å². The minimum Gasteiger partial charge on any atom is -0.449 e. The number of carbonyl (C=O) groups excluding carboxylic acids is 1. The quantitative estimate of drug-likeness (QED) is 0.722. The Hall–Kier alpha value is -1.32. The molecule has 0 atom stereocenters. The second kappa shape index (κ2) is 7.04. The molecule has 16 heavy (non-hydrogen) atoms. The molecule has 0 saturated carbocycles. The summed E-state index contributed by atoms with van der Waals surface area (Å²) < 4.78 is 5.07. The Labute approximate surface area is 96.4 Å². The van der Waals surface area contributed by atoms with Crippen molar-refractivity contribution in [2.75, 3.05) is 6.54 Å². The van der Waals surface area contributed by atoms with Crippen molar-refractivity contribution < 1.29 is 9.21 Å². The Morgan fingerprint density at radius 2 is 2.31 bits per heavy atom. The van der Waals surface area contributed by atoms with Crippen LogP contribution in [0.2, 0.25) is 0 Å². The smallest absolute Gasteiger partial charge is 0.220 e. The van der Waals surface area contributed by atoms with E-state index in [0.717, 1.165) is 18.7 Å². The first-order chi connectivity index (χ1) is 7.72. The van der Waals surface area contributed by atoms with Crippen molar-refractivity contribution in [2.24, 2.45) is 0 Å². The van der Waals surface area contributed by atoms with Crippen LogP contribution in [0.3, 0.4) is 0 Å². The molecule has 0 unspecified atom stereocenters. The van der Waals surface area contributed by atoms with Crippen molar-refractivity contribution in [3.63, 3.8) is 0 Å². The van der Waals surface area contributed by atoms with Gasteiger partial charge in [0.05, 0.1) is 5.69 Å². The molecule has 0 aliphatic heterocycles. The maximum absolute atomic E-state index is 11.4. The zero-order valence-electron chi connectivity index (χ0n) is 10.1. The lowest BCUT2D eigenvalue weighted by Gasteiger charge is -2.03. The highest BCUT2D eigenvalue weighted by molar-refractivity contribution is 5.76. The van der Waals surface area contributed by atoms with Crippen LogP contribution in [0.4, 0.5) is 0 Å². The van der Waals surface area contributed by atoms with Gasteiger partial charge in [-0.25, -0.2) is 4.98 Å². The van der Waals surface area contributed by atoms with E-state index in [4.69, 9.17) is 4.42 Å². The second-order valence-electron chi connectivity index (χ2n) is 3.91. The van der Waals surface area contributed by atoms with Crippen LogP contribution in [0.25, 0.3) is 0 Å². The van der Waals surface area contributed by atoms with Crippen molar-refractivity contribution in [3.05, 3.63) is 17.8 Å². The van der Waals surface area contributed by atoms with Crippen LogP contribution in [0.15, 0.2) is 10.7 Å². The molecular formula is C12H20N2O2. The third kappa shape index (κ3) is 4.96. The van der Waals surface area contributed by atoms with Gasteiger partial charge in [0, 0.05) is 26.3 Å². The summed E-state index contributed by atoms with van der Waals surface area (Å²) in [7, 11) is 0. The SMILES string of the molecule is CCCCCNC(=O)CCc1coc(C)n1. The van der Waals surface area contributed by atoms with Gasteiger partial charge >= 0.3 is 0 Å². The van der Waals surface area contributed by atoms with Crippen LogP contribution in [-0.2, 0) is 11.2 Å². The van der Waals surface area contributed by atoms with Crippen LogP contribution in [-0.4, -0.2) is 17.4 Å². The van der Waals surface area contributed by atoms with E-state index in [2.05, 4.69) is 17.2 Å². The van der Waals surface area contributed by atoms with E-state index in [0.29, 0.717) is 18.7 Å². The largest absolute Gasteiger partial charge is 0.449 e. The van der Waals surface area contributed by atoms with Gasteiger partial charge in [-0.15, -0.1) is 0 Å². The van der Waals surface area contributed by atoms with E-state index in [1.165, 1.54) is 12.8 Å². The molecule has 0 saturated heterocycles. The van der Waals surface area contributed by atoms with Gasteiger partial charge in [-0.05, 0) is 6.42 Å². The van der Waals surface area contributed by atoms with Crippen LogP contribution >= 0.6 is 0 Å². The van der Waals surface area contributed by atoms with Crippen LogP contribution in [0.5, 0.6) is 0 Å². The number of rotatable bonds is 7. The molecule has 90 valence electrons. The second-order valence-corrected chi connectivity index (χ2v) is 3.91. The minimum absolute atomic E-state index is 0.0942. The molecule has 0 aliphatic rings. The average Bonchev–Trinajstić information content (AvgIpc) is 2.68.